The summed E-state index contributed by atoms with van der Waals surface area (Å²) < 4.78 is 10.4. The van der Waals surface area contributed by atoms with Gasteiger partial charge in [-0.1, -0.05) is 18.2 Å². The number of rotatable bonds is 7. The SMILES string of the molecule is COc1ccccc1CC(C)N(C)C(=O)C(CN)OC.Cl. The van der Waals surface area contributed by atoms with E-state index in [4.69, 9.17) is 15.2 Å². The van der Waals surface area contributed by atoms with Crippen LogP contribution in [-0.2, 0) is 16.0 Å². The van der Waals surface area contributed by atoms with Crippen LogP contribution in [0.2, 0.25) is 0 Å². The molecule has 21 heavy (non-hydrogen) atoms. The molecule has 0 saturated heterocycles. The smallest absolute Gasteiger partial charge is 0.252 e. The van der Waals surface area contributed by atoms with Crippen LogP contribution in [0.5, 0.6) is 5.75 Å². The summed E-state index contributed by atoms with van der Waals surface area (Å²) >= 11 is 0. The van der Waals surface area contributed by atoms with Crippen LogP contribution in [0.4, 0.5) is 0 Å². The number of carbonyl (C=O) groups excluding carboxylic acids is 1. The van der Waals surface area contributed by atoms with Gasteiger partial charge in [0.05, 0.1) is 7.11 Å². The van der Waals surface area contributed by atoms with E-state index >= 15 is 0 Å². The standard InChI is InChI=1S/C15H24N2O3.ClH/c1-11(17(2)15(18)14(10-16)20-4)9-12-7-5-6-8-13(12)19-3;/h5-8,11,14H,9-10,16H2,1-4H3;1H. The van der Waals surface area contributed by atoms with Crippen molar-refractivity contribution in [3.63, 3.8) is 0 Å². The number of nitrogens with zero attached hydrogens (tertiary/aromatic N) is 1. The number of nitrogens with two attached hydrogens (primary N) is 1. The Morgan fingerprint density at radius 2 is 1.95 bits per heavy atom. The average Bonchev–Trinajstić information content (AvgIpc) is 2.48. The van der Waals surface area contributed by atoms with E-state index in [1.807, 2.05) is 31.2 Å². The first kappa shape index (κ1) is 19.7. The minimum absolute atomic E-state index is 0. The van der Waals surface area contributed by atoms with Crippen molar-refractivity contribution in [1.29, 1.82) is 0 Å². The van der Waals surface area contributed by atoms with Gasteiger partial charge >= 0.3 is 0 Å². The second kappa shape index (κ2) is 9.60. The monoisotopic (exact) mass is 316 g/mol. The van der Waals surface area contributed by atoms with Crippen LogP contribution in [0.3, 0.4) is 0 Å². The number of para-hydroxylation sites is 1. The molecule has 2 atom stereocenters. The molecule has 1 amide bonds. The van der Waals surface area contributed by atoms with Crippen molar-refractivity contribution in [1.82, 2.24) is 4.90 Å². The molecule has 0 aliphatic rings. The van der Waals surface area contributed by atoms with Gasteiger partial charge in [-0.3, -0.25) is 4.79 Å². The maximum atomic E-state index is 12.2. The summed E-state index contributed by atoms with van der Waals surface area (Å²) in [6.45, 7) is 2.18. The van der Waals surface area contributed by atoms with Crippen molar-refractivity contribution in [3.8, 4) is 5.75 Å². The Morgan fingerprint density at radius 1 is 1.33 bits per heavy atom. The van der Waals surface area contributed by atoms with Gasteiger partial charge in [-0.15, -0.1) is 12.4 Å². The van der Waals surface area contributed by atoms with Crippen LogP contribution in [0.1, 0.15) is 12.5 Å². The topological polar surface area (TPSA) is 64.8 Å². The Kier molecular flexibility index (Phi) is 9.01. The van der Waals surface area contributed by atoms with Gasteiger partial charge in [0.1, 0.15) is 11.9 Å². The van der Waals surface area contributed by atoms with Crippen LogP contribution >= 0.6 is 12.4 Å². The summed E-state index contributed by atoms with van der Waals surface area (Å²) in [5.41, 5.74) is 6.60. The summed E-state index contributed by atoms with van der Waals surface area (Å²) in [6, 6.07) is 7.84. The van der Waals surface area contributed by atoms with Gasteiger partial charge < -0.3 is 20.1 Å². The molecular weight excluding hydrogens is 292 g/mol. The van der Waals surface area contributed by atoms with E-state index in [0.29, 0.717) is 6.42 Å². The molecule has 0 spiro atoms. The third-order valence-electron chi connectivity index (χ3n) is 3.49. The molecule has 0 heterocycles. The highest BCUT2D eigenvalue weighted by Gasteiger charge is 2.24. The predicted molar refractivity (Wildman–Crippen MR) is 86.0 cm³/mol. The number of halogens is 1. The fourth-order valence-electron chi connectivity index (χ4n) is 2.07. The molecule has 0 fully saturated rings. The molecule has 0 saturated carbocycles. The Bertz CT molecular complexity index is 439. The molecule has 0 radical (unpaired) electrons. The normalized spacial score (nSPS) is 13.0. The van der Waals surface area contributed by atoms with Gasteiger partial charge in [0.15, 0.2) is 0 Å². The zero-order chi connectivity index (χ0) is 15.1. The minimum atomic E-state index is -0.583. The van der Waals surface area contributed by atoms with Gasteiger partial charge in [0, 0.05) is 26.7 Å². The van der Waals surface area contributed by atoms with Gasteiger partial charge in [0.25, 0.3) is 5.91 Å². The van der Waals surface area contributed by atoms with E-state index in [1.165, 1.54) is 7.11 Å². The van der Waals surface area contributed by atoms with Crippen molar-refractivity contribution < 1.29 is 14.3 Å². The highest BCUT2D eigenvalue weighted by atomic mass is 35.5. The lowest BCUT2D eigenvalue weighted by atomic mass is 10.0. The maximum absolute atomic E-state index is 12.2. The van der Waals surface area contributed by atoms with E-state index in [0.717, 1.165) is 11.3 Å². The van der Waals surface area contributed by atoms with Crippen LogP contribution in [0, 0.1) is 0 Å². The fraction of sp³-hybridized carbons (Fsp3) is 0.533. The first-order valence-corrected chi connectivity index (χ1v) is 6.66. The van der Waals surface area contributed by atoms with Crippen LogP contribution < -0.4 is 10.5 Å². The summed E-state index contributed by atoms with van der Waals surface area (Å²) in [5, 5.41) is 0. The molecule has 6 heteroatoms. The van der Waals surface area contributed by atoms with Crippen molar-refractivity contribution >= 4 is 18.3 Å². The van der Waals surface area contributed by atoms with Gasteiger partial charge in [-0.25, -0.2) is 0 Å². The minimum Gasteiger partial charge on any atom is -0.496 e. The number of hydrogen-bond donors (Lipinski definition) is 1. The summed E-state index contributed by atoms with van der Waals surface area (Å²) in [6.07, 6.45) is 0.132. The predicted octanol–water partition coefficient (Wildman–Crippen LogP) is 1.48. The van der Waals surface area contributed by atoms with Gasteiger partial charge in [-0.2, -0.15) is 0 Å². The summed E-state index contributed by atoms with van der Waals surface area (Å²) in [4.78, 5) is 13.9. The van der Waals surface area contributed by atoms with Crippen LogP contribution in [-0.4, -0.2) is 50.8 Å². The Morgan fingerprint density at radius 3 is 2.48 bits per heavy atom. The largest absolute Gasteiger partial charge is 0.496 e. The molecule has 1 rings (SSSR count). The Labute approximate surface area is 132 Å². The number of carbonyl (C=O) groups is 1. The van der Waals surface area contributed by atoms with E-state index < -0.39 is 6.10 Å². The number of likely N-dealkylation sites (N-methyl/N-ethyl adjacent to an activating group) is 1. The molecule has 0 aliphatic carbocycles. The fourth-order valence-corrected chi connectivity index (χ4v) is 2.07. The zero-order valence-electron chi connectivity index (χ0n) is 13.0. The third-order valence-corrected chi connectivity index (χ3v) is 3.49. The molecule has 1 aromatic rings. The lowest BCUT2D eigenvalue weighted by Gasteiger charge is -2.28. The molecule has 0 bridgehead atoms. The number of ether oxygens (including phenoxy) is 2. The Balaban J connectivity index is 0.00000400. The van der Waals surface area contributed by atoms with Crippen molar-refractivity contribution in [2.24, 2.45) is 5.73 Å². The van der Waals surface area contributed by atoms with Crippen molar-refractivity contribution in [2.45, 2.75) is 25.5 Å². The average molecular weight is 317 g/mol. The second-order valence-electron chi connectivity index (χ2n) is 4.77. The number of benzene rings is 1. The van der Waals surface area contributed by atoms with E-state index in [2.05, 4.69) is 0 Å². The lowest BCUT2D eigenvalue weighted by molar-refractivity contribution is -0.141. The first-order chi connectivity index (χ1) is 9.54. The highest BCUT2D eigenvalue weighted by Crippen LogP contribution is 2.20. The Hall–Kier alpha value is -1.30. The van der Waals surface area contributed by atoms with E-state index in [-0.39, 0.29) is 30.9 Å². The van der Waals surface area contributed by atoms with Crippen LogP contribution in [0.15, 0.2) is 24.3 Å². The number of methoxy groups -OCH3 is 2. The third kappa shape index (κ3) is 5.19. The number of hydrogen-bond acceptors (Lipinski definition) is 4. The molecule has 0 aromatic heterocycles. The van der Waals surface area contributed by atoms with Crippen LogP contribution in [0.25, 0.3) is 0 Å². The molecule has 120 valence electrons. The molecule has 1 aromatic carbocycles. The van der Waals surface area contributed by atoms with Crippen molar-refractivity contribution in [2.75, 3.05) is 27.8 Å². The molecule has 0 aliphatic heterocycles. The van der Waals surface area contributed by atoms with E-state index in [1.54, 1.807) is 19.1 Å². The number of amides is 1. The molecule has 2 N–H and O–H groups in total. The molecular formula is C15H25ClN2O3. The first-order valence-electron chi connectivity index (χ1n) is 6.66. The second-order valence-corrected chi connectivity index (χ2v) is 4.77. The van der Waals surface area contributed by atoms with Crippen molar-refractivity contribution in [3.05, 3.63) is 29.8 Å². The summed E-state index contributed by atoms with van der Waals surface area (Å²) in [7, 11) is 4.91. The van der Waals surface area contributed by atoms with Gasteiger partial charge in [0.2, 0.25) is 0 Å². The molecule has 2 unspecified atom stereocenters. The quantitative estimate of drug-likeness (QED) is 0.827. The highest BCUT2D eigenvalue weighted by molar-refractivity contribution is 5.85. The van der Waals surface area contributed by atoms with Gasteiger partial charge in [-0.05, 0) is 25.0 Å². The zero-order valence-corrected chi connectivity index (χ0v) is 13.9. The maximum Gasteiger partial charge on any atom is 0.252 e. The summed E-state index contributed by atoms with van der Waals surface area (Å²) in [5.74, 6) is 0.736. The molecule has 5 nitrogen and oxygen atoms in total. The lowest BCUT2D eigenvalue weighted by Crippen LogP contribution is -2.46. The van der Waals surface area contributed by atoms with E-state index in [9.17, 15) is 4.79 Å².